The number of aliphatic hydroxyl groups is 1. The lowest BCUT2D eigenvalue weighted by molar-refractivity contribution is -0.146. The Kier molecular flexibility index (Phi) is 4.31. The monoisotopic (exact) mass is 224 g/mol. The van der Waals surface area contributed by atoms with Gasteiger partial charge in [-0.05, 0) is 23.6 Å². The van der Waals surface area contributed by atoms with E-state index in [0.717, 1.165) is 17.5 Å². The molecule has 1 rings (SSSR count). The lowest BCUT2D eigenvalue weighted by atomic mass is 10.0. The molecule has 0 radical (unpaired) electrons. The van der Waals surface area contributed by atoms with E-state index in [4.69, 9.17) is 9.84 Å². The smallest absolute Gasteiger partial charge is 0.332 e. The number of carbonyl (C=O) groups is 1. The average Bonchev–Trinajstić information content (AvgIpc) is 2.28. The van der Waals surface area contributed by atoms with Gasteiger partial charge < -0.3 is 14.9 Å². The van der Waals surface area contributed by atoms with Crippen LogP contribution in [-0.2, 0) is 17.6 Å². The maximum Gasteiger partial charge on any atom is 0.332 e. The van der Waals surface area contributed by atoms with Gasteiger partial charge in [0, 0.05) is 6.42 Å². The van der Waals surface area contributed by atoms with Crippen molar-refractivity contribution in [1.29, 1.82) is 0 Å². The normalized spacial score (nSPS) is 12.2. The van der Waals surface area contributed by atoms with Crippen LogP contribution in [0.4, 0.5) is 0 Å². The lowest BCUT2D eigenvalue weighted by Gasteiger charge is -2.11. The highest BCUT2D eigenvalue weighted by molar-refractivity contribution is 5.72. The largest absolute Gasteiger partial charge is 0.496 e. The van der Waals surface area contributed by atoms with Gasteiger partial charge in [0.15, 0.2) is 6.10 Å². The average molecular weight is 224 g/mol. The minimum absolute atomic E-state index is 0.0619. The van der Waals surface area contributed by atoms with E-state index in [2.05, 4.69) is 0 Å². The van der Waals surface area contributed by atoms with E-state index in [1.54, 1.807) is 6.07 Å². The Labute approximate surface area is 94.5 Å². The fourth-order valence-electron chi connectivity index (χ4n) is 1.51. The molecular weight excluding hydrogens is 208 g/mol. The van der Waals surface area contributed by atoms with Crippen LogP contribution in [0, 0.1) is 0 Å². The number of hydrogen-bond donors (Lipinski definition) is 2. The first-order valence-corrected chi connectivity index (χ1v) is 5.15. The van der Waals surface area contributed by atoms with Crippen LogP contribution in [0.15, 0.2) is 18.2 Å². The summed E-state index contributed by atoms with van der Waals surface area (Å²) in [6.07, 6.45) is -0.465. The second-order valence-corrected chi connectivity index (χ2v) is 3.56. The molecule has 1 unspecified atom stereocenters. The predicted molar refractivity (Wildman–Crippen MR) is 59.7 cm³/mol. The highest BCUT2D eigenvalue weighted by Gasteiger charge is 2.16. The van der Waals surface area contributed by atoms with E-state index < -0.39 is 12.1 Å². The highest BCUT2D eigenvalue weighted by atomic mass is 16.5. The molecule has 0 saturated heterocycles. The Hall–Kier alpha value is -1.55. The van der Waals surface area contributed by atoms with Crippen molar-refractivity contribution in [3.05, 3.63) is 29.3 Å². The van der Waals surface area contributed by atoms with Crippen LogP contribution in [0.1, 0.15) is 18.1 Å². The molecule has 0 saturated carbocycles. The first-order valence-electron chi connectivity index (χ1n) is 5.15. The maximum absolute atomic E-state index is 10.6. The second kappa shape index (κ2) is 5.51. The van der Waals surface area contributed by atoms with Crippen LogP contribution in [0.2, 0.25) is 0 Å². The van der Waals surface area contributed by atoms with Crippen LogP contribution >= 0.6 is 0 Å². The molecule has 4 nitrogen and oxygen atoms in total. The van der Waals surface area contributed by atoms with Crippen LogP contribution in [0.3, 0.4) is 0 Å². The summed E-state index contributed by atoms with van der Waals surface area (Å²) >= 11 is 0. The summed E-state index contributed by atoms with van der Waals surface area (Å²) in [4.78, 5) is 10.6. The van der Waals surface area contributed by atoms with Crippen molar-refractivity contribution in [2.45, 2.75) is 25.9 Å². The Morgan fingerprint density at radius 2 is 2.19 bits per heavy atom. The molecule has 0 spiro atoms. The number of carboxylic acids is 1. The molecular formula is C12H16O4. The van der Waals surface area contributed by atoms with E-state index >= 15 is 0 Å². The summed E-state index contributed by atoms with van der Waals surface area (Å²) in [5.41, 5.74) is 1.81. The van der Waals surface area contributed by atoms with Crippen LogP contribution in [0.25, 0.3) is 0 Å². The van der Waals surface area contributed by atoms with Gasteiger partial charge in [0.05, 0.1) is 7.11 Å². The van der Waals surface area contributed by atoms with Crippen molar-refractivity contribution in [1.82, 2.24) is 0 Å². The first kappa shape index (κ1) is 12.5. The summed E-state index contributed by atoms with van der Waals surface area (Å²) in [7, 11) is 1.53. The van der Waals surface area contributed by atoms with Crippen LogP contribution in [0.5, 0.6) is 5.75 Å². The Bertz CT molecular complexity index is 373. The molecule has 0 fully saturated rings. The van der Waals surface area contributed by atoms with Gasteiger partial charge in [-0.25, -0.2) is 4.79 Å². The van der Waals surface area contributed by atoms with Crippen molar-refractivity contribution in [2.24, 2.45) is 0 Å². The third-order valence-corrected chi connectivity index (χ3v) is 2.45. The molecule has 1 atom stereocenters. The molecule has 88 valence electrons. The maximum atomic E-state index is 10.6. The molecule has 0 aliphatic rings. The van der Waals surface area contributed by atoms with Gasteiger partial charge in [-0.2, -0.15) is 0 Å². The highest BCUT2D eigenvalue weighted by Crippen LogP contribution is 2.21. The molecule has 0 aliphatic carbocycles. The molecule has 0 bridgehead atoms. The minimum atomic E-state index is -1.39. The zero-order valence-corrected chi connectivity index (χ0v) is 9.43. The van der Waals surface area contributed by atoms with Crippen LogP contribution in [-0.4, -0.2) is 29.4 Å². The topological polar surface area (TPSA) is 66.8 Å². The quantitative estimate of drug-likeness (QED) is 0.789. The third kappa shape index (κ3) is 2.97. The van der Waals surface area contributed by atoms with Gasteiger partial charge in [0.1, 0.15) is 5.75 Å². The number of aliphatic hydroxyl groups excluding tert-OH is 1. The van der Waals surface area contributed by atoms with Gasteiger partial charge in [-0.3, -0.25) is 0 Å². The summed E-state index contributed by atoms with van der Waals surface area (Å²) in [5, 5.41) is 18.0. The number of benzene rings is 1. The summed E-state index contributed by atoms with van der Waals surface area (Å²) in [6, 6.07) is 5.59. The number of aliphatic carboxylic acids is 1. The summed E-state index contributed by atoms with van der Waals surface area (Å²) < 4.78 is 5.12. The molecule has 0 aromatic heterocycles. The van der Waals surface area contributed by atoms with E-state index in [-0.39, 0.29) is 6.42 Å². The SMILES string of the molecule is CCc1ccc(OC)c(CC(O)C(=O)O)c1. The Morgan fingerprint density at radius 3 is 2.69 bits per heavy atom. The number of carboxylic acid groups (broad SMARTS) is 1. The predicted octanol–water partition coefficient (Wildman–Crippen LogP) is 1.25. The molecule has 0 heterocycles. The number of ether oxygens (including phenoxy) is 1. The zero-order valence-electron chi connectivity index (χ0n) is 9.43. The van der Waals surface area contributed by atoms with E-state index in [1.165, 1.54) is 7.11 Å². The van der Waals surface area contributed by atoms with Crippen molar-refractivity contribution in [3.63, 3.8) is 0 Å². The van der Waals surface area contributed by atoms with Gasteiger partial charge >= 0.3 is 5.97 Å². The van der Waals surface area contributed by atoms with Gasteiger partial charge in [0.25, 0.3) is 0 Å². The van der Waals surface area contributed by atoms with Crippen molar-refractivity contribution in [3.8, 4) is 5.75 Å². The fraction of sp³-hybridized carbons (Fsp3) is 0.417. The van der Waals surface area contributed by atoms with E-state index in [1.807, 2.05) is 19.1 Å². The third-order valence-electron chi connectivity index (χ3n) is 2.45. The standard InChI is InChI=1S/C12H16O4/c1-3-8-4-5-11(16-2)9(6-8)7-10(13)12(14)15/h4-6,10,13H,3,7H2,1-2H3,(H,14,15). The molecule has 16 heavy (non-hydrogen) atoms. The fourth-order valence-corrected chi connectivity index (χ4v) is 1.51. The van der Waals surface area contributed by atoms with Crippen molar-refractivity contribution < 1.29 is 19.7 Å². The van der Waals surface area contributed by atoms with E-state index in [0.29, 0.717) is 5.75 Å². The molecule has 1 aromatic rings. The zero-order chi connectivity index (χ0) is 12.1. The number of methoxy groups -OCH3 is 1. The van der Waals surface area contributed by atoms with Gasteiger partial charge in [-0.15, -0.1) is 0 Å². The summed E-state index contributed by atoms with van der Waals surface area (Å²) in [5.74, 6) is -0.610. The molecule has 0 amide bonds. The second-order valence-electron chi connectivity index (χ2n) is 3.56. The van der Waals surface area contributed by atoms with Crippen molar-refractivity contribution >= 4 is 5.97 Å². The molecule has 2 N–H and O–H groups in total. The Balaban J connectivity index is 2.95. The lowest BCUT2D eigenvalue weighted by Crippen LogP contribution is -2.22. The van der Waals surface area contributed by atoms with E-state index in [9.17, 15) is 9.90 Å². The van der Waals surface area contributed by atoms with Crippen molar-refractivity contribution in [2.75, 3.05) is 7.11 Å². The molecule has 1 aromatic carbocycles. The van der Waals surface area contributed by atoms with Gasteiger partial charge in [-0.1, -0.05) is 19.1 Å². The number of hydrogen-bond acceptors (Lipinski definition) is 3. The van der Waals surface area contributed by atoms with Gasteiger partial charge in [0.2, 0.25) is 0 Å². The number of rotatable bonds is 5. The molecule has 0 aliphatic heterocycles. The molecule has 4 heteroatoms. The number of aryl methyl sites for hydroxylation is 1. The first-order chi connectivity index (χ1) is 7.58. The summed E-state index contributed by atoms with van der Waals surface area (Å²) in [6.45, 7) is 2.01. The Morgan fingerprint density at radius 1 is 1.50 bits per heavy atom. The minimum Gasteiger partial charge on any atom is -0.496 e. The van der Waals surface area contributed by atoms with Crippen LogP contribution < -0.4 is 4.74 Å².